The maximum Gasteiger partial charge on any atom is 0.182 e. The van der Waals surface area contributed by atoms with Crippen LogP contribution in [0.25, 0.3) is 0 Å². The Hall–Kier alpha value is -1.40. The van der Waals surface area contributed by atoms with Crippen molar-refractivity contribution in [1.29, 1.82) is 0 Å². The summed E-state index contributed by atoms with van der Waals surface area (Å²) >= 11 is 5.88. The van der Waals surface area contributed by atoms with E-state index in [1.165, 1.54) is 0 Å². The van der Waals surface area contributed by atoms with Crippen LogP contribution < -0.4 is 5.73 Å². The molecular formula is C18H20ClNO3S. The van der Waals surface area contributed by atoms with Crippen LogP contribution in [0.5, 0.6) is 0 Å². The predicted molar refractivity (Wildman–Crippen MR) is 95.0 cm³/mol. The standard InChI is InChI=1S/C18H20ClNO3S/c1-23-12-18(11-20)16(13-5-3-2-4-6-13)17(18)24(21,22)15-9-7-14(19)8-10-15/h2-10,16-17H,11-12,20H2,1H3/t16-,17-,18-/m1/s1. The molecular weight excluding hydrogens is 346 g/mol. The van der Waals surface area contributed by atoms with Gasteiger partial charge < -0.3 is 10.5 Å². The minimum Gasteiger partial charge on any atom is -0.384 e. The molecule has 2 N–H and O–H groups in total. The highest BCUT2D eigenvalue weighted by molar-refractivity contribution is 7.92. The number of methoxy groups -OCH3 is 1. The van der Waals surface area contributed by atoms with Gasteiger partial charge in [0.25, 0.3) is 0 Å². The fourth-order valence-electron chi connectivity index (χ4n) is 3.62. The summed E-state index contributed by atoms with van der Waals surface area (Å²) in [5, 5.41) is -0.0927. The monoisotopic (exact) mass is 365 g/mol. The highest BCUT2D eigenvalue weighted by atomic mass is 35.5. The van der Waals surface area contributed by atoms with Crippen molar-refractivity contribution in [2.45, 2.75) is 16.1 Å². The van der Waals surface area contributed by atoms with Gasteiger partial charge in [0.1, 0.15) is 0 Å². The van der Waals surface area contributed by atoms with E-state index < -0.39 is 20.5 Å². The van der Waals surface area contributed by atoms with Gasteiger partial charge in [0.2, 0.25) is 0 Å². The van der Waals surface area contributed by atoms with E-state index in [0.717, 1.165) is 5.56 Å². The highest BCUT2D eigenvalue weighted by Gasteiger charge is 2.70. The van der Waals surface area contributed by atoms with E-state index in [9.17, 15) is 8.42 Å². The number of benzene rings is 2. The summed E-state index contributed by atoms with van der Waals surface area (Å²) in [6.07, 6.45) is 0. The third-order valence-corrected chi connectivity index (χ3v) is 7.40. The zero-order valence-corrected chi connectivity index (χ0v) is 14.9. The molecule has 0 unspecified atom stereocenters. The Bertz CT molecular complexity index is 808. The first kappa shape index (κ1) is 17.4. The maximum atomic E-state index is 13.2. The lowest BCUT2D eigenvalue weighted by Crippen LogP contribution is -2.28. The van der Waals surface area contributed by atoms with Crippen molar-refractivity contribution in [3.63, 3.8) is 0 Å². The molecule has 1 saturated carbocycles. The summed E-state index contributed by atoms with van der Waals surface area (Å²) in [4.78, 5) is 0.268. The number of ether oxygens (including phenoxy) is 1. The van der Waals surface area contributed by atoms with E-state index in [1.807, 2.05) is 30.3 Å². The van der Waals surface area contributed by atoms with Crippen LogP contribution in [0, 0.1) is 5.41 Å². The van der Waals surface area contributed by atoms with Crippen LogP contribution in [-0.4, -0.2) is 33.9 Å². The minimum atomic E-state index is -3.54. The van der Waals surface area contributed by atoms with Crippen LogP contribution in [0.15, 0.2) is 59.5 Å². The number of nitrogens with two attached hydrogens (primary N) is 1. The number of hydrogen-bond acceptors (Lipinski definition) is 4. The van der Waals surface area contributed by atoms with Crippen LogP contribution in [-0.2, 0) is 14.6 Å². The fraction of sp³-hybridized carbons (Fsp3) is 0.333. The van der Waals surface area contributed by atoms with Gasteiger partial charge in [-0.3, -0.25) is 0 Å². The average Bonchev–Trinajstić information content (AvgIpc) is 3.26. The summed E-state index contributed by atoms with van der Waals surface area (Å²) in [6.45, 7) is 0.554. The van der Waals surface area contributed by atoms with Crippen molar-refractivity contribution in [2.75, 3.05) is 20.3 Å². The fourth-order valence-corrected chi connectivity index (χ4v) is 6.19. The Morgan fingerprint density at radius 1 is 1.12 bits per heavy atom. The van der Waals surface area contributed by atoms with Gasteiger partial charge in [0.15, 0.2) is 9.84 Å². The van der Waals surface area contributed by atoms with Gasteiger partial charge >= 0.3 is 0 Å². The number of sulfone groups is 1. The Kier molecular flexibility index (Phi) is 4.71. The topological polar surface area (TPSA) is 69.4 Å². The molecule has 2 aromatic carbocycles. The zero-order chi connectivity index (χ0) is 17.4. The smallest absolute Gasteiger partial charge is 0.182 e. The van der Waals surface area contributed by atoms with Crippen molar-refractivity contribution in [2.24, 2.45) is 11.1 Å². The second-order valence-electron chi connectivity index (χ2n) is 6.18. The highest BCUT2D eigenvalue weighted by Crippen LogP contribution is 2.63. The molecule has 0 saturated heterocycles. The molecule has 0 heterocycles. The lowest BCUT2D eigenvalue weighted by atomic mass is 10.0. The van der Waals surface area contributed by atoms with Crippen molar-refractivity contribution >= 4 is 21.4 Å². The summed E-state index contributed by atoms with van der Waals surface area (Å²) in [6, 6.07) is 15.9. The molecule has 0 aromatic heterocycles. The van der Waals surface area contributed by atoms with E-state index in [-0.39, 0.29) is 17.4 Å². The Balaban J connectivity index is 2.05. The molecule has 128 valence electrons. The van der Waals surface area contributed by atoms with Crippen molar-refractivity contribution in [3.05, 3.63) is 65.2 Å². The van der Waals surface area contributed by atoms with Gasteiger partial charge in [-0.2, -0.15) is 0 Å². The zero-order valence-electron chi connectivity index (χ0n) is 13.4. The van der Waals surface area contributed by atoms with Gasteiger partial charge in [-0.15, -0.1) is 0 Å². The van der Waals surface area contributed by atoms with Crippen molar-refractivity contribution < 1.29 is 13.2 Å². The predicted octanol–water partition coefficient (Wildman–Crippen LogP) is 2.87. The molecule has 0 bridgehead atoms. The molecule has 0 amide bonds. The molecule has 1 aliphatic rings. The van der Waals surface area contributed by atoms with E-state index >= 15 is 0 Å². The maximum absolute atomic E-state index is 13.2. The van der Waals surface area contributed by atoms with Gasteiger partial charge in [-0.1, -0.05) is 41.9 Å². The number of halogens is 1. The van der Waals surface area contributed by atoms with Crippen LogP contribution in [0.4, 0.5) is 0 Å². The van der Waals surface area contributed by atoms with Crippen molar-refractivity contribution in [1.82, 2.24) is 0 Å². The van der Waals surface area contributed by atoms with Gasteiger partial charge in [0, 0.05) is 30.0 Å². The second-order valence-corrected chi connectivity index (χ2v) is 8.68. The van der Waals surface area contributed by atoms with Gasteiger partial charge in [-0.05, 0) is 29.8 Å². The van der Waals surface area contributed by atoms with Gasteiger partial charge in [-0.25, -0.2) is 8.42 Å². The third-order valence-electron chi connectivity index (χ3n) is 4.81. The molecule has 0 radical (unpaired) electrons. The molecule has 0 spiro atoms. The Morgan fingerprint density at radius 3 is 2.29 bits per heavy atom. The normalized spacial score (nSPS) is 26.3. The number of hydrogen-bond donors (Lipinski definition) is 1. The Morgan fingerprint density at radius 2 is 1.75 bits per heavy atom. The van der Waals surface area contributed by atoms with Crippen LogP contribution in [0.3, 0.4) is 0 Å². The van der Waals surface area contributed by atoms with E-state index in [4.69, 9.17) is 22.1 Å². The molecule has 3 atom stereocenters. The van der Waals surface area contributed by atoms with Crippen LogP contribution in [0.2, 0.25) is 5.02 Å². The minimum absolute atomic E-state index is 0.177. The molecule has 2 aromatic rings. The van der Waals surface area contributed by atoms with Crippen molar-refractivity contribution in [3.8, 4) is 0 Å². The molecule has 4 nitrogen and oxygen atoms in total. The van der Waals surface area contributed by atoms with E-state index in [0.29, 0.717) is 11.6 Å². The lowest BCUT2D eigenvalue weighted by Gasteiger charge is -2.15. The van der Waals surface area contributed by atoms with E-state index in [1.54, 1.807) is 31.4 Å². The molecule has 3 rings (SSSR count). The summed E-state index contributed by atoms with van der Waals surface area (Å²) < 4.78 is 31.7. The van der Waals surface area contributed by atoms with Gasteiger partial charge in [0.05, 0.1) is 16.8 Å². The first-order valence-corrected chi connectivity index (χ1v) is 9.63. The summed E-state index contributed by atoms with van der Waals surface area (Å²) in [5.41, 5.74) is 6.38. The Labute approximate surface area is 147 Å². The summed E-state index contributed by atoms with van der Waals surface area (Å²) in [7, 11) is -1.97. The SMILES string of the molecule is COC[C@]1(CN)[C@H](c2ccccc2)[C@H]1S(=O)(=O)c1ccc(Cl)cc1. The second kappa shape index (κ2) is 6.48. The first-order valence-electron chi connectivity index (χ1n) is 7.71. The average molecular weight is 366 g/mol. The molecule has 6 heteroatoms. The number of rotatable bonds is 6. The largest absolute Gasteiger partial charge is 0.384 e. The molecule has 0 aliphatic heterocycles. The van der Waals surface area contributed by atoms with Crippen LogP contribution in [0.1, 0.15) is 11.5 Å². The first-order chi connectivity index (χ1) is 11.5. The lowest BCUT2D eigenvalue weighted by molar-refractivity contribution is 0.142. The third kappa shape index (κ3) is 2.75. The van der Waals surface area contributed by atoms with Crippen LogP contribution >= 0.6 is 11.6 Å². The molecule has 1 fully saturated rings. The summed E-state index contributed by atoms with van der Waals surface area (Å²) in [5.74, 6) is -0.177. The quantitative estimate of drug-likeness (QED) is 0.854. The molecule has 1 aliphatic carbocycles. The van der Waals surface area contributed by atoms with E-state index in [2.05, 4.69) is 0 Å². The molecule has 24 heavy (non-hydrogen) atoms.